The van der Waals surface area contributed by atoms with Crippen molar-refractivity contribution in [2.45, 2.75) is 70.5 Å². The molecule has 0 aromatic heterocycles. The molecule has 0 bridgehead atoms. The van der Waals surface area contributed by atoms with Gasteiger partial charge in [-0.2, -0.15) is 0 Å². The van der Waals surface area contributed by atoms with E-state index in [0.29, 0.717) is 30.8 Å². The van der Waals surface area contributed by atoms with Gasteiger partial charge in [-0.25, -0.2) is 0 Å². The summed E-state index contributed by atoms with van der Waals surface area (Å²) in [5.41, 5.74) is 2.34. The number of rotatable bonds is 7. The number of hydrogen-bond acceptors (Lipinski definition) is 5. The van der Waals surface area contributed by atoms with Gasteiger partial charge in [0.1, 0.15) is 0 Å². The third-order valence-electron chi connectivity index (χ3n) is 8.78. The van der Waals surface area contributed by atoms with E-state index in [-0.39, 0.29) is 17.9 Å². The van der Waals surface area contributed by atoms with Crippen molar-refractivity contribution in [1.82, 2.24) is 15.1 Å². The number of ether oxygens (including phenoxy) is 1. The van der Waals surface area contributed by atoms with Gasteiger partial charge >= 0.3 is 0 Å². The Morgan fingerprint density at radius 2 is 1.77 bits per heavy atom. The molecule has 1 aromatic carbocycles. The Morgan fingerprint density at radius 1 is 1.03 bits per heavy atom. The third kappa shape index (κ3) is 5.67. The molecule has 7 heteroatoms. The molecule has 4 atom stereocenters. The number of anilines is 1. The lowest BCUT2D eigenvalue weighted by Gasteiger charge is -2.57. The van der Waals surface area contributed by atoms with Gasteiger partial charge in [-0.05, 0) is 81.1 Å². The Kier molecular flexibility index (Phi) is 7.93. The van der Waals surface area contributed by atoms with Crippen molar-refractivity contribution >= 4 is 17.5 Å². The normalized spacial score (nSPS) is 28.9. The van der Waals surface area contributed by atoms with Crippen LogP contribution in [-0.4, -0.2) is 79.6 Å². The summed E-state index contributed by atoms with van der Waals surface area (Å²) in [4.78, 5) is 32.4. The van der Waals surface area contributed by atoms with Gasteiger partial charge in [0.05, 0.1) is 13.2 Å². The SMILES string of the molecule is CC(=O)N1C[C@@H]2CCCN3CCC[C@@H]([C@H]23)[C@H]1CCCC(=O)NCc1ccc(N2CCOCC2)cc1. The molecular weight excluding hydrogens is 440 g/mol. The number of hydrogen-bond donors (Lipinski definition) is 1. The molecule has 4 aliphatic heterocycles. The van der Waals surface area contributed by atoms with Crippen molar-refractivity contribution < 1.29 is 14.3 Å². The molecule has 0 radical (unpaired) electrons. The molecule has 7 nitrogen and oxygen atoms in total. The molecule has 4 fully saturated rings. The van der Waals surface area contributed by atoms with E-state index < -0.39 is 0 Å². The number of nitrogens with zero attached hydrogens (tertiary/aromatic N) is 3. The molecule has 0 spiro atoms. The summed E-state index contributed by atoms with van der Waals surface area (Å²) in [6.07, 6.45) is 7.27. The monoisotopic (exact) mass is 482 g/mol. The van der Waals surface area contributed by atoms with E-state index in [2.05, 4.69) is 44.3 Å². The van der Waals surface area contributed by atoms with Gasteiger partial charge in [0.15, 0.2) is 0 Å². The van der Waals surface area contributed by atoms with Gasteiger partial charge in [-0.15, -0.1) is 0 Å². The molecule has 192 valence electrons. The lowest BCUT2D eigenvalue weighted by atomic mass is 9.69. The molecule has 4 aliphatic rings. The average Bonchev–Trinajstić information content (AvgIpc) is 2.89. The van der Waals surface area contributed by atoms with E-state index in [9.17, 15) is 9.59 Å². The van der Waals surface area contributed by atoms with Gasteiger partial charge in [-0.1, -0.05) is 12.1 Å². The minimum absolute atomic E-state index is 0.105. The number of amides is 2. The first-order chi connectivity index (χ1) is 17.1. The van der Waals surface area contributed by atoms with E-state index >= 15 is 0 Å². The minimum atomic E-state index is 0.105. The number of nitrogens with one attached hydrogen (secondary N) is 1. The Balaban J connectivity index is 1.10. The van der Waals surface area contributed by atoms with Crippen molar-refractivity contribution in [3.8, 4) is 0 Å². The second-order valence-corrected chi connectivity index (χ2v) is 10.9. The van der Waals surface area contributed by atoms with Crippen LogP contribution in [0.1, 0.15) is 57.4 Å². The molecule has 0 saturated carbocycles. The molecule has 1 aromatic rings. The number of morpholine rings is 1. The first-order valence-electron chi connectivity index (χ1n) is 13.8. The molecular formula is C28H42N4O3. The maximum atomic E-state index is 12.6. The lowest BCUT2D eigenvalue weighted by molar-refractivity contribution is -0.144. The number of benzene rings is 1. The van der Waals surface area contributed by atoms with Crippen molar-refractivity contribution in [2.24, 2.45) is 11.8 Å². The predicted molar refractivity (Wildman–Crippen MR) is 137 cm³/mol. The topological polar surface area (TPSA) is 65.1 Å². The molecule has 0 unspecified atom stereocenters. The number of piperidine rings is 3. The van der Waals surface area contributed by atoms with Crippen molar-refractivity contribution in [3.63, 3.8) is 0 Å². The zero-order valence-electron chi connectivity index (χ0n) is 21.3. The summed E-state index contributed by atoms with van der Waals surface area (Å²) in [7, 11) is 0. The quantitative estimate of drug-likeness (QED) is 0.647. The van der Waals surface area contributed by atoms with Gasteiger partial charge < -0.3 is 19.9 Å². The van der Waals surface area contributed by atoms with Crippen LogP contribution in [0, 0.1) is 11.8 Å². The highest BCUT2D eigenvalue weighted by Crippen LogP contribution is 2.43. The molecule has 5 rings (SSSR count). The highest BCUT2D eigenvalue weighted by Gasteiger charge is 2.48. The maximum absolute atomic E-state index is 12.6. The van der Waals surface area contributed by atoms with Crippen LogP contribution in [0.15, 0.2) is 24.3 Å². The van der Waals surface area contributed by atoms with Crippen molar-refractivity contribution in [3.05, 3.63) is 29.8 Å². The van der Waals surface area contributed by atoms with Gasteiger partial charge in [0, 0.05) is 57.3 Å². The van der Waals surface area contributed by atoms with Crippen molar-refractivity contribution in [1.29, 1.82) is 0 Å². The van der Waals surface area contributed by atoms with E-state index in [1.54, 1.807) is 6.92 Å². The number of carbonyl (C=O) groups excluding carboxylic acids is 2. The van der Waals surface area contributed by atoms with Crippen LogP contribution in [0.5, 0.6) is 0 Å². The van der Waals surface area contributed by atoms with E-state index in [1.807, 2.05) is 0 Å². The molecule has 4 heterocycles. The Morgan fingerprint density at radius 3 is 2.51 bits per heavy atom. The number of likely N-dealkylation sites (tertiary alicyclic amines) is 1. The first kappa shape index (κ1) is 24.6. The summed E-state index contributed by atoms with van der Waals surface area (Å²) in [6, 6.07) is 9.42. The van der Waals surface area contributed by atoms with E-state index in [1.165, 1.54) is 44.5 Å². The molecule has 2 amide bonds. The summed E-state index contributed by atoms with van der Waals surface area (Å²) >= 11 is 0. The van der Waals surface area contributed by atoms with Crippen LogP contribution < -0.4 is 10.2 Å². The van der Waals surface area contributed by atoms with Gasteiger partial charge in [0.2, 0.25) is 11.8 Å². The highest BCUT2D eigenvalue weighted by molar-refractivity contribution is 5.76. The predicted octanol–water partition coefficient (Wildman–Crippen LogP) is 3.03. The largest absolute Gasteiger partial charge is 0.378 e. The van der Waals surface area contributed by atoms with Crippen LogP contribution in [0.4, 0.5) is 5.69 Å². The average molecular weight is 483 g/mol. The standard InChI is InChI=1S/C28H42N4O3/c1-21(33)32-20-23-5-3-13-31-14-4-6-25(28(23)31)26(32)7-2-8-27(34)29-19-22-9-11-24(12-10-22)30-15-17-35-18-16-30/h9-12,23,25-26,28H,2-8,13-20H2,1H3,(H,29,34)/t23-,25+,26+,28-/m0/s1. The second kappa shape index (κ2) is 11.3. The van der Waals surface area contributed by atoms with Crippen LogP contribution in [-0.2, 0) is 20.9 Å². The highest BCUT2D eigenvalue weighted by atomic mass is 16.5. The molecule has 35 heavy (non-hydrogen) atoms. The van der Waals surface area contributed by atoms with Crippen LogP contribution in [0.2, 0.25) is 0 Å². The Bertz CT molecular complexity index is 867. The zero-order chi connectivity index (χ0) is 24.2. The summed E-state index contributed by atoms with van der Waals surface area (Å²) in [6.45, 7) is 9.06. The van der Waals surface area contributed by atoms with Gasteiger partial charge in [0.25, 0.3) is 0 Å². The molecule has 0 aliphatic carbocycles. The Hall–Kier alpha value is -2.12. The fraction of sp³-hybridized carbons (Fsp3) is 0.714. The van der Waals surface area contributed by atoms with Gasteiger partial charge in [-0.3, -0.25) is 14.5 Å². The zero-order valence-corrected chi connectivity index (χ0v) is 21.3. The van der Waals surface area contributed by atoms with Crippen LogP contribution in [0.3, 0.4) is 0 Å². The van der Waals surface area contributed by atoms with E-state index in [0.717, 1.165) is 51.3 Å². The third-order valence-corrected chi connectivity index (χ3v) is 8.78. The minimum Gasteiger partial charge on any atom is -0.378 e. The lowest BCUT2D eigenvalue weighted by Crippen LogP contribution is -2.65. The first-order valence-corrected chi connectivity index (χ1v) is 13.8. The molecule has 4 saturated heterocycles. The van der Waals surface area contributed by atoms with E-state index in [4.69, 9.17) is 4.74 Å². The second-order valence-electron chi connectivity index (χ2n) is 10.9. The van der Waals surface area contributed by atoms with Crippen LogP contribution >= 0.6 is 0 Å². The number of carbonyl (C=O) groups is 2. The van der Waals surface area contributed by atoms with Crippen molar-refractivity contribution in [2.75, 3.05) is 50.8 Å². The summed E-state index contributed by atoms with van der Waals surface area (Å²) < 4.78 is 5.43. The van der Waals surface area contributed by atoms with Crippen LogP contribution in [0.25, 0.3) is 0 Å². The molecule has 1 N–H and O–H groups in total. The smallest absolute Gasteiger partial charge is 0.220 e. The fourth-order valence-electron chi connectivity index (χ4n) is 7.13. The summed E-state index contributed by atoms with van der Waals surface area (Å²) in [5.74, 6) is 1.52. The maximum Gasteiger partial charge on any atom is 0.220 e. The fourth-order valence-corrected chi connectivity index (χ4v) is 7.13. The summed E-state index contributed by atoms with van der Waals surface area (Å²) in [5, 5.41) is 3.10. The Labute approximate surface area is 210 Å².